The number of aryl methyl sites for hydroxylation is 1. The summed E-state index contributed by atoms with van der Waals surface area (Å²) in [5.41, 5.74) is 0. The molecule has 0 aromatic carbocycles. The first-order valence-electron chi connectivity index (χ1n) is 3.08. The van der Waals surface area contributed by atoms with Crippen LogP contribution < -0.4 is 4.74 Å². The number of ether oxygens (including phenoxy) is 1. The van der Waals surface area contributed by atoms with Crippen LogP contribution in [0.2, 0.25) is 0 Å². The van der Waals surface area contributed by atoms with Gasteiger partial charge in [-0.05, 0) is 6.92 Å². The topological polar surface area (TPSA) is 27.1 Å². The van der Waals surface area contributed by atoms with Crippen molar-refractivity contribution < 1.29 is 4.74 Å². The molecular weight excluding hydrogens is 152 g/mol. The average molecular weight is 161 g/mol. The molecule has 0 aliphatic rings. The van der Waals surface area contributed by atoms with E-state index in [1.165, 1.54) is 0 Å². The third-order valence-corrected chi connectivity index (χ3v) is 1.26. The molecule has 0 amide bonds. The maximum Gasteiger partial charge on any atom is 0.162 e. The molecule has 0 radical (unpaired) electrons. The van der Waals surface area contributed by atoms with E-state index in [0.717, 1.165) is 12.3 Å². The zero-order chi connectivity index (χ0) is 7.40. The van der Waals surface area contributed by atoms with Crippen molar-refractivity contribution in [2.45, 2.75) is 13.5 Å². The zero-order valence-electron chi connectivity index (χ0n) is 5.75. The van der Waals surface area contributed by atoms with E-state index in [4.69, 9.17) is 16.3 Å². The Morgan fingerprint density at radius 1 is 1.80 bits per heavy atom. The fourth-order valence-corrected chi connectivity index (χ4v) is 0.781. The highest BCUT2D eigenvalue weighted by Crippen LogP contribution is 2.07. The SMILES string of the molecule is CCn1cc(OCCl)cn1. The van der Waals surface area contributed by atoms with Crippen LogP contribution in [0.15, 0.2) is 12.4 Å². The van der Waals surface area contributed by atoms with Gasteiger partial charge in [0.1, 0.15) is 0 Å². The molecule has 0 atom stereocenters. The highest BCUT2D eigenvalue weighted by molar-refractivity contribution is 6.17. The second-order valence-electron chi connectivity index (χ2n) is 1.79. The van der Waals surface area contributed by atoms with Gasteiger partial charge in [-0.15, -0.1) is 0 Å². The van der Waals surface area contributed by atoms with E-state index in [0.29, 0.717) is 0 Å². The lowest BCUT2D eigenvalue weighted by molar-refractivity contribution is 0.387. The van der Waals surface area contributed by atoms with Crippen LogP contribution in [0.25, 0.3) is 0 Å². The third kappa shape index (κ3) is 1.64. The number of halogens is 1. The second kappa shape index (κ2) is 3.46. The van der Waals surface area contributed by atoms with E-state index < -0.39 is 0 Å². The largest absolute Gasteiger partial charge is 0.475 e. The molecule has 1 aromatic rings. The molecule has 3 nitrogen and oxygen atoms in total. The first-order chi connectivity index (χ1) is 4.86. The van der Waals surface area contributed by atoms with Crippen LogP contribution in [-0.4, -0.2) is 15.8 Å². The summed E-state index contributed by atoms with van der Waals surface area (Å²) in [4.78, 5) is 0. The molecule has 0 saturated carbocycles. The number of hydrogen-bond acceptors (Lipinski definition) is 2. The smallest absolute Gasteiger partial charge is 0.162 e. The van der Waals surface area contributed by atoms with E-state index in [-0.39, 0.29) is 6.07 Å². The Kier molecular flexibility index (Phi) is 2.57. The maximum atomic E-state index is 5.33. The van der Waals surface area contributed by atoms with Crippen LogP contribution in [0, 0.1) is 0 Å². The predicted molar refractivity (Wildman–Crippen MR) is 39.2 cm³/mol. The summed E-state index contributed by atoms with van der Waals surface area (Å²) in [6.07, 6.45) is 3.45. The first kappa shape index (κ1) is 7.41. The van der Waals surface area contributed by atoms with Crippen molar-refractivity contribution >= 4 is 11.6 Å². The molecule has 0 aliphatic carbocycles. The summed E-state index contributed by atoms with van der Waals surface area (Å²) in [7, 11) is 0. The summed E-state index contributed by atoms with van der Waals surface area (Å²) in [6, 6.07) is 0.176. The molecule has 10 heavy (non-hydrogen) atoms. The van der Waals surface area contributed by atoms with Crippen molar-refractivity contribution in [2.75, 3.05) is 6.07 Å². The van der Waals surface area contributed by atoms with Crippen molar-refractivity contribution in [2.24, 2.45) is 0 Å². The van der Waals surface area contributed by atoms with Crippen molar-refractivity contribution in [1.29, 1.82) is 0 Å². The van der Waals surface area contributed by atoms with Gasteiger partial charge in [-0.25, -0.2) is 0 Å². The third-order valence-electron chi connectivity index (χ3n) is 1.15. The van der Waals surface area contributed by atoms with Crippen molar-refractivity contribution in [3.63, 3.8) is 0 Å². The van der Waals surface area contributed by atoms with E-state index in [9.17, 15) is 0 Å². The second-order valence-corrected chi connectivity index (χ2v) is 2.00. The van der Waals surface area contributed by atoms with Gasteiger partial charge in [0.05, 0.1) is 12.4 Å². The Labute approximate surface area is 64.6 Å². The number of alkyl halides is 1. The van der Waals surface area contributed by atoms with Gasteiger partial charge in [0, 0.05) is 6.54 Å². The van der Waals surface area contributed by atoms with Crippen LogP contribution in [-0.2, 0) is 6.54 Å². The normalized spacial score (nSPS) is 9.80. The molecule has 0 fully saturated rings. The molecular formula is C6H9ClN2O. The lowest BCUT2D eigenvalue weighted by Gasteiger charge is -1.93. The number of aromatic nitrogens is 2. The van der Waals surface area contributed by atoms with Crippen LogP contribution in [0.5, 0.6) is 5.75 Å². The number of hydrogen-bond donors (Lipinski definition) is 0. The quantitative estimate of drug-likeness (QED) is 0.627. The Balaban J connectivity index is 2.59. The Morgan fingerprint density at radius 2 is 2.60 bits per heavy atom. The van der Waals surface area contributed by atoms with E-state index >= 15 is 0 Å². The monoisotopic (exact) mass is 160 g/mol. The van der Waals surface area contributed by atoms with Gasteiger partial charge >= 0.3 is 0 Å². The number of nitrogens with zero attached hydrogens (tertiary/aromatic N) is 2. The molecule has 56 valence electrons. The maximum absolute atomic E-state index is 5.33. The lowest BCUT2D eigenvalue weighted by Crippen LogP contribution is -1.92. The fourth-order valence-electron chi connectivity index (χ4n) is 0.655. The Hall–Kier alpha value is -0.700. The summed E-state index contributed by atoms with van der Waals surface area (Å²) in [5, 5.41) is 3.99. The molecule has 0 N–H and O–H groups in total. The van der Waals surface area contributed by atoms with E-state index in [1.54, 1.807) is 10.9 Å². The molecule has 0 unspecified atom stereocenters. The van der Waals surface area contributed by atoms with Crippen molar-refractivity contribution in [1.82, 2.24) is 9.78 Å². The van der Waals surface area contributed by atoms with Crippen molar-refractivity contribution in [3.8, 4) is 5.75 Å². The molecule has 4 heteroatoms. The van der Waals surface area contributed by atoms with Gasteiger partial charge < -0.3 is 4.74 Å². The summed E-state index contributed by atoms with van der Waals surface area (Å²) >= 11 is 5.33. The Bertz CT molecular complexity index is 199. The standard InChI is InChI=1S/C6H9ClN2O/c1-2-9-4-6(3-8-9)10-5-7/h3-4H,2,5H2,1H3. The molecule has 0 aliphatic heterocycles. The van der Waals surface area contributed by atoms with Gasteiger partial charge in [-0.3, -0.25) is 4.68 Å². The molecule has 0 spiro atoms. The first-order valence-corrected chi connectivity index (χ1v) is 3.61. The number of rotatable bonds is 3. The molecule has 1 aromatic heterocycles. The molecule has 1 rings (SSSR count). The summed E-state index contributed by atoms with van der Waals surface area (Å²) in [5.74, 6) is 0.719. The van der Waals surface area contributed by atoms with Crippen molar-refractivity contribution in [3.05, 3.63) is 12.4 Å². The predicted octanol–water partition coefficient (Wildman–Crippen LogP) is 1.48. The molecule has 0 saturated heterocycles. The van der Waals surface area contributed by atoms with Gasteiger partial charge in [0.25, 0.3) is 0 Å². The van der Waals surface area contributed by atoms with Gasteiger partial charge in [0.15, 0.2) is 11.8 Å². The van der Waals surface area contributed by atoms with E-state index in [1.807, 2.05) is 13.1 Å². The van der Waals surface area contributed by atoms with E-state index in [2.05, 4.69) is 5.10 Å². The fraction of sp³-hybridized carbons (Fsp3) is 0.500. The average Bonchev–Trinajstić information content (AvgIpc) is 2.37. The lowest BCUT2D eigenvalue weighted by atomic mass is 10.6. The van der Waals surface area contributed by atoms with Crippen LogP contribution in [0.1, 0.15) is 6.92 Å². The molecule has 0 bridgehead atoms. The van der Waals surface area contributed by atoms with Crippen LogP contribution >= 0.6 is 11.6 Å². The Morgan fingerprint density at radius 3 is 3.10 bits per heavy atom. The van der Waals surface area contributed by atoms with Crippen LogP contribution in [0.3, 0.4) is 0 Å². The van der Waals surface area contributed by atoms with Gasteiger partial charge in [-0.2, -0.15) is 5.10 Å². The summed E-state index contributed by atoms with van der Waals surface area (Å²) in [6.45, 7) is 2.86. The highest BCUT2D eigenvalue weighted by Gasteiger charge is 1.94. The minimum atomic E-state index is 0.176. The minimum absolute atomic E-state index is 0.176. The molecule has 1 heterocycles. The summed E-state index contributed by atoms with van der Waals surface area (Å²) < 4.78 is 6.75. The highest BCUT2D eigenvalue weighted by atomic mass is 35.5. The zero-order valence-corrected chi connectivity index (χ0v) is 6.51. The van der Waals surface area contributed by atoms with Gasteiger partial charge in [0.2, 0.25) is 0 Å². The van der Waals surface area contributed by atoms with Gasteiger partial charge in [-0.1, -0.05) is 11.6 Å². The minimum Gasteiger partial charge on any atom is -0.475 e. The van der Waals surface area contributed by atoms with Crippen LogP contribution in [0.4, 0.5) is 0 Å².